The fourth-order valence-electron chi connectivity index (χ4n) is 5.32. The first-order valence-corrected chi connectivity index (χ1v) is 14.6. The quantitative estimate of drug-likeness (QED) is 0.105. The summed E-state index contributed by atoms with van der Waals surface area (Å²) in [6.45, 7) is 16.4. The Hall–Kier alpha value is -2.46. The normalized spacial score (nSPS) is 28.4. The van der Waals surface area contributed by atoms with Crippen molar-refractivity contribution in [3.63, 3.8) is 0 Å². The molecule has 1 heterocycles. The molecular weight excluding hydrogens is 526 g/mol. The van der Waals surface area contributed by atoms with Crippen LogP contribution < -0.4 is 5.73 Å². The molecule has 1 saturated heterocycles. The summed E-state index contributed by atoms with van der Waals surface area (Å²) in [6.07, 6.45) is 7.85. The van der Waals surface area contributed by atoms with Crippen LogP contribution in [0.25, 0.3) is 0 Å². The third-order valence-corrected chi connectivity index (χ3v) is 8.37. The first kappa shape index (κ1) is 36.6. The van der Waals surface area contributed by atoms with Crippen LogP contribution in [0, 0.1) is 41.4 Å². The lowest BCUT2D eigenvalue weighted by molar-refractivity contribution is -0.179. The number of carbonyl (C=O) groups excluding carboxylic acids is 2. The summed E-state index contributed by atoms with van der Waals surface area (Å²) in [6, 6.07) is 0. The fraction of sp³-hybridized carbons (Fsp3) is 0.688. The molecule has 0 aromatic carbocycles. The smallest absolute Gasteiger partial charge is 0.404 e. The van der Waals surface area contributed by atoms with E-state index in [4.69, 9.17) is 15.2 Å². The molecular formula is C32H53NO8. The van der Waals surface area contributed by atoms with Gasteiger partial charge in [0.05, 0.1) is 30.3 Å². The van der Waals surface area contributed by atoms with Gasteiger partial charge in [-0.2, -0.15) is 0 Å². The molecule has 1 rings (SSSR count). The van der Waals surface area contributed by atoms with Crippen molar-refractivity contribution in [3.05, 3.63) is 49.1 Å². The summed E-state index contributed by atoms with van der Waals surface area (Å²) in [5, 5.41) is 42.5. The average Bonchev–Trinajstić information content (AvgIpc) is 2.93. The highest BCUT2D eigenvalue weighted by atomic mass is 16.6. The van der Waals surface area contributed by atoms with Gasteiger partial charge >= 0.3 is 12.1 Å². The van der Waals surface area contributed by atoms with Crippen LogP contribution in [0.15, 0.2) is 49.1 Å². The van der Waals surface area contributed by atoms with Crippen molar-refractivity contribution >= 4 is 12.1 Å². The van der Waals surface area contributed by atoms with Gasteiger partial charge in [0, 0.05) is 36.0 Å². The van der Waals surface area contributed by atoms with Gasteiger partial charge in [0.25, 0.3) is 0 Å². The van der Waals surface area contributed by atoms with Crippen molar-refractivity contribution in [2.45, 2.75) is 97.9 Å². The molecule has 234 valence electrons. The molecule has 41 heavy (non-hydrogen) atoms. The van der Waals surface area contributed by atoms with Crippen LogP contribution in [-0.2, 0) is 14.3 Å². The van der Waals surface area contributed by atoms with E-state index in [9.17, 15) is 30.0 Å². The second-order valence-electron chi connectivity index (χ2n) is 11.9. The molecule has 9 heteroatoms. The summed E-state index contributed by atoms with van der Waals surface area (Å²) >= 11 is 0. The number of nitrogens with two attached hydrogens (primary N) is 1. The lowest BCUT2D eigenvalue weighted by Crippen LogP contribution is -2.47. The second-order valence-corrected chi connectivity index (χ2v) is 11.9. The van der Waals surface area contributed by atoms with Gasteiger partial charge in [0.1, 0.15) is 12.2 Å². The van der Waals surface area contributed by atoms with Crippen molar-refractivity contribution in [1.29, 1.82) is 0 Å². The van der Waals surface area contributed by atoms with Crippen LogP contribution in [-0.4, -0.2) is 69.1 Å². The van der Waals surface area contributed by atoms with Crippen molar-refractivity contribution in [2.75, 3.05) is 0 Å². The van der Waals surface area contributed by atoms with E-state index in [1.165, 1.54) is 0 Å². The Morgan fingerprint density at radius 1 is 1.00 bits per heavy atom. The Morgan fingerprint density at radius 3 is 2.20 bits per heavy atom. The van der Waals surface area contributed by atoms with E-state index in [1.807, 2.05) is 52.8 Å². The zero-order chi connectivity index (χ0) is 31.4. The third-order valence-electron chi connectivity index (χ3n) is 8.37. The molecule has 0 aromatic rings. The lowest BCUT2D eigenvalue weighted by Gasteiger charge is -2.36. The number of carbonyl (C=O) groups is 2. The minimum absolute atomic E-state index is 0.148. The third kappa shape index (κ3) is 11.4. The fourth-order valence-corrected chi connectivity index (χ4v) is 5.32. The zero-order valence-corrected chi connectivity index (χ0v) is 25.7. The van der Waals surface area contributed by atoms with E-state index in [-0.39, 0.29) is 41.9 Å². The van der Waals surface area contributed by atoms with E-state index in [0.29, 0.717) is 6.42 Å². The maximum absolute atomic E-state index is 11.9. The number of rotatable bonds is 16. The van der Waals surface area contributed by atoms with Crippen LogP contribution in [0.4, 0.5) is 4.79 Å². The summed E-state index contributed by atoms with van der Waals surface area (Å²) < 4.78 is 10.7. The summed E-state index contributed by atoms with van der Waals surface area (Å²) in [5.41, 5.74) is 5.27. The number of ether oxygens (including phenoxy) is 2. The van der Waals surface area contributed by atoms with Crippen LogP contribution in [0.5, 0.6) is 0 Å². The molecule has 1 aliphatic rings. The lowest BCUT2D eigenvalue weighted by atomic mass is 9.82. The molecule has 0 aliphatic carbocycles. The molecule has 0 aromatic heterocycles. The Morgan fingerprint density at radius 2 is 1.61 bits per heavy atom. The first-order chi connectivity index (χ1) is 19.1. The van der Waals surface area contributed by atoms with Crippen molar-refractivity contribution in [1.82, 2.24) is 0 Å². The standard InChI is InChI=1S/C32H53NO8/c1-9-10-12-21(5)30(41-32(33)39)23(7)28(36)19(3)14-11-13-18(2)27(35)20(4)15-16-25(34)17-26-22(6)29(37)24(8)31(38)40-26/h9-13,15-16,18-30,34-37H,1,14,17H2,2-8H3,(H2,33,39)/b12-10-,13-11+,16-15-/t18?,19-,20-,21?,22-,23-,24?,25?,26-,27+,28+,29-,30?/m0/s1. The molecule has 0 saturated carbocycles. The number of cyclic esters (lactones) is 1. The maximum Gasteiger partial charge on any atom is 0.404 e. The van der Waals surface area contributed by atoms with Gasteiger partial charge in [0.2, 0.25) is 0 Å². The molecule has 0 radical (unpaired) electrons. The maximum atomic E-state index is 11.9. The van der Waals surface area contributed by atoms with E-state index in [1.54, 1.807) is 38.2 Å². The summed E-state index contributed by atoms with van der Waals surface area (Å²) in [4.78, 5) is 23.4. The van der Waals surface area contributed by atoms with Gasteiger partial charge in [-0.25, -0.2) is 4.79 Å². The van der Waals surface area contributed by atoms with Gasteiger partial charge in [-0.15, -0.1) is 0 Å². The number of hydrogen-bond donors (Lipinski definition) is 5. The first-order valence-electron chi connectivity index (χ1n) is 14.6. The predicted octanol–water partition coefficient (Wildman–Crippen LogP) is 3.91. The highest BCUT2D eigenvalue weighted by Gasteiger charge is 2.41. The second kappa shape index (κ2) is 17.5. The van der Waals surface area contributed by atoms with Crippen LogP contribution in [0.2, 0.25) is 0 Å². The number of aliphatic hydroxyl groups is 4. The van der Waals surface area contributed by atoms with Crippen LogP contribution >= 0.6 is 0 Å². The van der Waals surface area contributed by atoms with E-state index in [0.717, 1.165) is 0 Å². The number of hydrogen-bond acceptors (Lipinski definition) is 8. The largest absolute Gasteiger partial charge is 0.462 e. The van der Waals surface area contributed by atoms with E-state index < -0.39 is 54.6 Å². The summed E-state index contributed by atoms with van der Waals surface area (Å²) in [7, 11) is 0. The Bertz CT molecular complexity index is 917. The molecule has 1 fully saturated rings. The van der Waals surface area contributed by atoms with Gasteiger partial charge in [0.15, 0.2) is 0 Å². The predicted molar refractivity (Wildman–Crippen MR) is 159 cm³/mol. The highest BCUT2D eigenvalue weighted by molar-refractivity contribution is 5.73. The van der Waals surface area contributed by atoms with Crippen LogP contribution in [0.1, 0.15) is 61.3 Å². The van der Waals surface area contributed by atoms with Gasteiger partial charge in [-0.05, 0) is 19.3 Å². The van der Waals surface area contributed by atoms with Crippen molar-refractivity contribution < 1.29 is 39.5 Å². The van der Waals surface area contributed by atoms with Gasteiger partial charge in [-0.1, -0.05) is 90.7 Å². The van der Waals surface area contributed by atoms with Gasteiger partial charge < -0.3 is 35.6 Å². The Balaban J connectivity index is 2.67. The Kier molecular flexibility index (Phi) is 15.6. The molecule has 6 N–H and O–H groups in total. The van der Waals surface area contributed by atoms with Gasteiger partial charge in [-0.3, -0.25) is 4.79 Å². The van der Waals surface area contributed by atoms with Crippen molar-refractivity contribution in [3.8, 4) is 0 Å². The number of aliphatic hydroxyl groups excluding tert-OH is 4. The molecule has 0 spiro atoms. The zero-order valence-electron chi connectivity index (χ0n) is 25.7. The van der Waals surface area contributed by atoms with Crippen molar-refractivity contribution in [2.24, 2.45) is 47.2 Å². The molecule has 1 amide bonds. The number of esters is 1. The SMILES string of the molecule is C=C/C=C\C(C)C(OC(N)=O)[C@@H](C)[C@H](O)[C@@H](C)C/C=C/C(C)[C@@H](O)[C@@H](C)/C=C\C(O)C[C@@H]1OC(=O)C(C)[C@@H](O)[C@H]1C. The molecule has 0 bridgehead atoms. The monoisotopic (exact) mass is 579 g/mol. The minimum Gasteiger partial charge on any atom is -0.462 e. The minimum atomic E-state index is -0.891. The molecule has 13 atom stereocenters. The number of allylic oxidation sites excluding steroid dienone is 3. The van der Waals surface area contributed by atoms with E-state index >= 15 is 0 Å². The molecule has 1 aliphatic heterocycles. The molecule has 5 unspecified atom stereocenters. The average molecular weight is 580 g/mol. The van der Waals surface area contributed by atoms with E-state index in [2.05, 4.69) is 6.58 Å². The topological polar surface area (TPSA) is 160 Å². The number of primary amides is 1. The number of amides is 1. The molecule has 9 nitrogen and oxygen atoms in total. The Labute approximate surface area is 245 Å². The highest BCUT2D eigenvalue weighted by Crippen LogP contribution is 2.30. The van der Waals surface area contributed by atoms with Crippen LogP contribution in [0.3, 0.4) is 0 Å². The summed E-state index contributed by atoms with van der Waals surface area (Å²) in [5.74, 6) is -2.50.